The Kier molecular flexibility index (Phi) is 18.7. The van der Waals surface area contributed by atoms with Crippen molar-refractivity contribution in [1.29, 1.82) is 0 Å². The molecule has 0 atom stereocenters. The van der Waals surface area contributed by atoms with Crippen LogP contribution in [-0.4, -0.2) is 18.9 Å². The summed E-state index contributed by atoms with van der Waals surface area (Å²) in [5, 5.41) is 3.22. The van der Waals surface area contributed by atoms with Gasteiger partial charge in [0.1, 0.15) is 5.94 Å². The van der Waals surface area contributed by atoms with Gasteiger partial charge in [0.25, 0.3) is 0 Å². The van der Waals surface area contributed by atoms with E-state index in [0.29, 0.717) is 6.42 Å². The van der Waals surface area contributed by atoms with E-state index in [2.05, 4.69) is 49.2 Å². The van der Waals surface area contributed by atoms with Gasteiger partial charge in [-0.1, -0.05) is 56.3 Å². The standard InChI is InChI=1S/C18H22N2O.C3H4O.C3H6.C2H6/c1-13-3-4-15(11-17(13)20-2)8-5-14-6-9-16(10-7-14)12-18(19)21;1-2-3-4;1-3-2;1-2/h3-4,6-7,9-11,20H,5,8,12H2,1-2H3,(H2,19,21);2H,1H3;3H,1H2,2H3;1-2H3. The van der Waals surface area contributed by atoms with Gasteiger partial charge in [-0.2, -0.15) is 0 Å². The zero-order valence-corrected chi connectivity index (χ0v) is 19.4. The van der Waals surface area contributed by atoms with E-state index in [-0.39, 0.29) is 5.91 Å². The van der Waals surface area contributed by atoms with Gasteiger partial charge in [0.15, 0.2) is 0 Å². The monoisotopic (exact) mass is 410 g/mol. The van der Waals surface area contributed by atoms with Crippen LogP contribution in [-0.2, 0) is 28.9 Å². The second kappa shape index (κ2) is 19.2. The van der Waals surface area contributed by atoms with Crippen LogP contribution in [0.15, 0.2) is 61.2 Å². The topological polar surface area (TPSA) is 72.2 Å². The van der Waals surface area contributed by atoms with Gasteiger partial charge in [0.05, 0.1) is 6.42 Å². The molecule has 0 aliphatic carbocycles. The fourth-order valence-electron chi connectivity index (χ4n) is 2.41. The van der Waals surface area contributed by atoms with E-state index in [4.69, 9.17) is 10.5 Å². The number of nitrogens with two attached hydrogens (primary N) is 1. The Hall–Kier alpha value is -3.10. The van der Waals surface area contributed by atoms with E-state index in [0.717, 1.165) is 18.4 Å². The molecule has 2 aromatic carbocycles. The van der Waals surface area contributed by atoms with Gasteiger partial charge < -0.3 is 11.1 Å². The average Bonchev–Trinajstić information content (AvgIpc) is 2.76. The summed E-state index contributed by atoms with van der Waals surface area (Å²) in [6.07, 6.45) is 5.37. The van der Waals surface area contributed by atoms with Crippen LogP contribution >= 0.6 is 0 Å². The Labute approximate surface area is 182 Å². The lowest BCUT2D eigenvalue weighted by Crippen LogP contribution is -2.13. The molecule has 1 amide bonds. The van der Waals surface area contributed by atoms with Crippen LogP contribution in [0.4, 0.5) is 5.69 Å². The van der Waals surface area contributed by atoms with Crippen molar-refractivity contribution in [1.82, 2.24) is 0 Å². The van der Waals surface area contributed by atoms with Crippen molar-refractivity contribution < 1.29 is 9.59 Å². The zero-order chi connectivity index (χ0) is 23.4. The lowest BCUT2D eigenvalue weighted by molar-refractivity contribution is -0.117. The number of aryl methyl sites for hydroxylation is 3. The summed E-state index contributed by atoms with van der Waals surface area (Å²) in [7, 11) is 1.95. The van der Waals surface area contributed by atoms with Crippen molar-refractivity contribution in [2.75, 3.05) is 12.4 Å². The van der Waals surface area contributed by atoms with Gasteiger partial charge in [0.2, 0.25) is 5.91 Å². The molecule has 0 fully saturated rings. The van der Waals surface area contributed by atoms with Gasteiger partial charge in [-0.15, -0.1) is 6.58 Å². The Morgan fingerprint density at radius 2 is 1.47 bits per heavy atom. The number of benzene rings is 2. The van der Waals surface area contributed by atoms with E-state index < -0.39 is 0 Å². The van der Waals surface area contributed by atoms with Crippen LogP contribution in [0, 0.1) is 6.92 Å². The highest BCUT2D eigenvalue weighted by Gasteiger charge is 2.02. The summed E-state index contributed by atoms with van der Waals surface area (Å²) in [6, 6.07) is 14.6. The largest absolute Gasteiger partial charge is 0.388 e. The first-order valence-corrected chi connectivity index (χ1v) is 10.3. The number of rotatable bonds is 6. The Bertz CT molecular complexity index is 774. The number of hydrogen-bond donors (Lipinski definition) is 2. The molecule has 3 N–H and O–H groups in total. The van der Waals surface area contributed by atoms with Crippen molar-refractivity contribution in [2.45, 2.75) is 53.9 Å². The van der Waals surface area contributed by atoms with E-state index in [1.807, 2.05) is 40.0 Å². The van der Waals surface area contributed by atoms with E-state index in [1.54, 1.807) is 18.9 Å². The molecule has 0 aromatic heterocycles. The number of hydrogen-bond acceptors (Lipinski definition) is 3. The fraction of sp³-hybridized carbons (Fsp3) is 0.346. The molecule has 0 radical (unpaired) electrons. The highest BCUT2D eigenvalue weighted by molar-refractivity contribution is 5.76. The first-order chi connectivity index (χ1) is 14.4. The molecule has 4 heteroatoms. The van der Waals surface area contributed by atoms with Gasteiger partial charge in [-0.05, 0) is 68.0 Å². The third-order valence-corrected chi connectivity index (χ3v) is 3.79. The molecule has 4 nitrogen and oxygen atoms in total. The van der Waals surface area contributed by atoms with Gasteiger partial charge in [-0.3, -0.25) is 4.79 Å². The Morgan fingerprint density at radius 3 is 1.90 bits per heavy atom. The molecule has 0 saturated carbocycles. The molecule has 0 unspecified atom stereocenters. The second-order valence-corrected chi connectivity index (χ2v) is 6.17. The normalized spacial score (nSPS) is 8.47. The highest BCUT2D eigenvalue weighted by atomic mass is 16.1. The summed E-state index contributed by atoms with van der Waals surface area (Å²) in [5.41, 5.74) is 11.2. The van der Waals surface area contributed by atoms with Gasteiger partial charge in [0, 0.05) is 12.7 Å². The number of allylic oxidation sites excluding steroid dienone is 2. The second-order valence-electron chi connectivity index (χ2n) is 6.17. The van der Waals surface area contributed by atoms with Crippen LogP contribution < -0.4 is 11.1 Å². The molecule has 0 saturated heterocycles. The van der Waals surface area contributed by atoms with Crippen molar-refractivity contribution in [3.05, 3.63) is 83.4 Å². The minimum atomic E-state index is -0.290. The maximum Gasteiger partial charge on any atom is 0.221 e. The fourth-order valence-corrected chi connectivity index (χ4v) is 2.41. The summed E-state index contributed by atoms with van der Waals surface area (Å²) < 4.78 is 0. The number of amides is 1. The minimum Gasteiger partial charge on any atom is -0.388 e. The van der Waals surface area contributed by atoms with Gasteiger partial charge >= 0.3 is 0 Å². The average molecular weight is 411 g/mol. The lowest BCUT2D eigenvalue weighted by Gasteiger charge is -2.09. The molecular formula is C26H38N2O2. The zero-order valence-electron chi connectivity index (χ0n) is 19.4. The van der Waals surface area contributed by atoms with Crippen LogP contribution in [0.5, 0.6) is 0 Å². The van der Waals surface area contributed by atoms with E-state index in [1.165, 1.54) is 28.5 Å². The van der Waals surface area contributed by atoms with Crippen LogP contribution in [0.2, 0.25) is 0 Å². The van der Waals surface area contributed by atoms with Crippen molar-refractivity contribution in [2.24, 2.45) is 5.73 Å². The SMILES string of the molecule is C=CC.CC.CC=C=O.CNc1cc(CCc2ccc(CC(N)=O)cc2)ccc1C. The first-order valence-electron chi connectivity index (χ1n) is 10.3. The molecular weight excluding hydrogens is 372 g/mol. The molecule has 0 aliphatic rings. The van der Waals surface area contributed by atoms with Crippen LogP contribution in [0.25, 0.3) is 0 Å². The third-order valence-electron chi connectivity index (χ3n) is 3.79. The maximum atomic E-state index is 10.9. The number of carbonyl (C=O) groups excluding carboxylic acids is 2. The Morgan fingerprint density at radius 1 is 1.03 bits per heavy atom. The summed E-state index contributed by atoms with van der Waals surface area (Å²) in [5.74, 6) is 1.27. The number of nitrogens with one attached hydrogen (secondary N) is 1. The minimum absolute atomic E-state index is 0.290. The summed E-state index contributed by atoms with van der Waals surface area (Å²) in [4.78, 5) is 19.9. The van der Waals surface area contributed by atoms with E-state index >= 15 is 0 Å². The quantitative estimate of drug-likeness (QED) is 0.490. The number of anilines is 1. The summed E-state index contributed by atoms with van der Waals surface area (Å²) >= 11 is 0. The molecule has 30 heavy (non-hydrogen) atoms. The molecule has 0 heterocycles. The molecule has 2 aromatic rings. The lowest BCUT2D eigenvalue weighted by atomic mass is 10.0. The predicted molar refractivity (Wildman–Crippen MR) is 131 cm³/mol. The van der Waals surface area contributed by atoms with E-state index in [9.17, 15) is 4.79 Å². The predicted octanol–water partition coefficient (Wildman–Crippen LogP) is 5.46. The maximum absolute atomic E-state index is 10.9. The summed E-state index contributed by atoms with van der Waals surface area (Å²) in [6.45, 7) is 13.0. The van der Waals surface area contributed by atoms with Crippen molar-refractivity contribution in [3.63, 3.8) is 0 Å². The van der Waals surface area contributed by atoms with Crippen LogP contribution in [0.1, 0.15) is 49.9 Å². The van der Waals surface area contributed by atoms with Crippen LogP contribution in [0.3, 0.4) is 0 Å². The number of carbonyl (C=O) groups is 1. The molecule has 0 bridgehead atoms. The van der Waals surface area contributed by atoms with Gasteiger partial charge in [-0.25, -0.2) is 4.79 Å². The third kappa shape index (κ3) is 14.0. The first kappa shape index (κ1) is 29.1. The van der Waals surface area contributed by atoms with Crippen molar-refractivity contribution in [3.8, 4) is 0 Å². The highest BCUT2D eigenvalue weighted by Crippen LogP contribution is 2.18. The smallest absolute Gasteiger partial charge is 0.221 e. The molecule has 0 aliphatic heterocycles. The van der Waals surface area contributed by atoms with Crippen molar-refractivity contribution >= 4 is 17.5 Å². The number of primary amides is 1. The molecule has 0 spiro atoms. The molecule has 164 valence electrons. The molecule has 2 rings (SSSR count). The Balaban J connectivity index is 0.